The maximum absolute atomic E-state index is 6.06. The third-order valence-electron chi connectivity index (χ3n) is 3.56. The molecule has 1 aromatic heterocycles. The molecule has 0 aliphatic carbocycles. The van der Waals surface area contributed by atoms with Crippen LogP contribution in [-0.4, -0.2) is 18.1 Å². The van der Waals surface area contributed by atoms with Gasteiger partial charge in [-0.2, -0.15) is 0 Å². The number of benzene rings is 1. The van der Waals surface area contributed by atoms with Crippen molar-refractivity contribution in [3.8, 4) is 5.75 Å². The zero-order chi connectivity index (χ0) is 13.9. The van der Waals surface area contributed by atoms with Gasteiger partial charge in [0.15, 0.2) is 0 Å². The van der Waals surface area contributed by atoms with E-state index in [0.717, 1.165) is 30.2 Å². The van der Waals surface area contributed by atoms with Gasteiger partial charge in [0.2, 0.25) is 0 Å². The fraction of sp³-hybridized carbons (Fsp3) is 0.312. The van der Waals surface area contributed by atoms with E-state index >= 15 is 0 Å². The highest BCUT2D eigenvalue weighted by Gasteiger charge is 2.19. The summed E-state index contributed by atoms with van der Waals surface area (Å²) in [6.45, 7) is 4.26. The number of aromatic nitrogens is 1. The molecule has 3 rings (SSSR count). The lowest BCUT2D eigenvalue weighted by Gasteiger charge is -2.24. The minimum Gasteiger partial charge on any atom is -0.491 e. The Bertz CT molecular complexity index is 598. The van der Waals surface area contributed by atoms with Gasteiger partial charge in [-0.3, -0.25) is 0 Å². The molecule has 1 aliphatic rings. The van der Waals surface area contributed by atoms with Crippen molar-refractivity contribution >= 4 is 5.82 Å². The highest BCUT2D eigenvalue weighted by atomic mass is 16.5. The zero-order valence-corrected chi connectivity index (χ0v) is 11.6. The van der Waals surface area contributed by atoms with Gasteiger partial charge >= 0.3 is 0 Å². The summed E-state index contributed by atoms with van der Waals surface area (Å²) in [7, 11) is 0. The fourth-order valence-corrected chi connectivity index (χ4v) is 2.54. The first kappa shape index (κ1) is 12.9. The molecule has 2 aromatic rings. The van der Waals surface area contributed by atoms with E-state index in [2.05, 4.69) is 16.0 Å². The molecule has 2 N–H and O–H groups in total. The van der Waals surface area contributed by atoms with Crippen LogP contribution in [0.2, 0.25) is 0 Å². The third-order valence-corrected chi connectivity index (χ3v) is 3.56. The van der Waals surface area contributed by atoms with Crippen LogP contribution >= 0.6 is 0 Å². The second kappa shape index (κ2) is 5.51. The van der Waals surface area contributed by atoms with Gasteiger partial charge in [-0.15, -0.1) is 0 Å². The Kier molecular flexibility index (Phi) is 3.56. The van der Waals surface area contributed by atoms with Gasteiger partial charge in [-0.1, -0.05) is 24.3 Å². The molecule has 4 heteroatoms. The summed E-state index contributed by atoms with van der Waals surface area (Å²) in [6.07, 6.45) is 1.82. The largest absolute Gasteiger partial charge is 0.491 e. The Hall–Kier alpha value is -2.07. The molecule has 1 aromatic carbocycles. The van der Waals surface area contributed by atoms with Crippen LogP contribution in [-0.2, 0) is 6.54 Å². The Morgan fingerprint density at radius 3 is 2.95 bits per heavy atom. The summed E-state index contributed by atoms with van der Waals surface area (Å²) < 4.78 is 5.80. The number of anilines is 1. The van der Waals surface area contributed by atoms with Crippen LogP contribution in [0.1, 0.15) is 24.1 Å². The van der Waals surface area contributed by atoms with Gasteiger partial charge in [-0.25, -0.2) is 4.98 Å². The predicted octanol–water partition coefficient (Wildman–Crippen LogP) is 2.50. The molecular formula is C16H19N3O. The SMILES string of the molecule is C[C@H](N)c1cccnc1N1CCOc2ccccc2C1. The Balaban J connectivity index is 1.96. The highest BCUT2D eigenvalue weighted by molar-refractivity contribution is 5.50. The van der Waals surface area contributed by atoms with Gasteiger partial charge in [0.25, 0.3) is 0 Å². The van der Waals surface area contributed by atoms with E-state index in [9.17, 15) is 0 Å². The molecule has 0 fully saturated rings. The predicted molar refractivity (Wildman–Crippen MR) is 79.8 cm³/mol. The van der Waals surface area contributed by atoms with Crippen LogP contribution in [0.15, 0.2) is 42.6 Å². The summed E-state index contributed by atoms with van der Waals surface area (Å²) in [5.74, 6) is 1.93. The molecule has 2 heterocycles. The minimum atomic E-state index is -0.0295. The van der Waals surface area contributed by atoms with Crippen molar-refractivity contribution in [2.45, 2.75) is 19.5 Å². The quantitative estimate of drug-likeness (QED) is 0.910. The number of nitrogens with zero attached hydrogens (tertiary/aromatic N) is 2. The first-order valence-corrected chi connectivity index (χ1v) is 6.92. The molecule has 0 unspecified atom stereocenters. The number of para-hydroxylation sites is 1. The summed E-state index contributed by atoms with van der Waals surface area (Å²) >= 11 is 0. The van der Waals surface area contributed by atoms with Crippen molar-refractivity contribution in [2.75, 3.05) is 18.1 Å². The standard InChI is InChI=1S/C16H19N3O/c1-12(17)14-6-4-8-18-16(14)19-9-10-20-15-7-3-2-5-13(15)11-19/h2-8,12H,9-11,17H2,1H3/t12-/m0/s1. The summed E-state index contributed by atoms with van der Waals surface area (Å²) in [5, 5.41) is 0. The van der Waals surface area contributed by atoms with Crippen molar-refractivity contribution in [1.29, 1.82) is 0 Å². The second-order valence-corrected chi connectivity index (χ2v) is 5.08. The van der Waals surface area contributed by atoms with Crippen LogP contribution in [0.25, 0.3) is 0 Å². The lowest BCUT2D eigenvalue weighted by atomic mass is 10.1. The molecule has 0 spiro atoms. The molecular weight excluding hydrogens is 250 g/mol. The number of pyridine rings is 1. The smallest absolute Gasteiger partial charge is 0.133 e. The van der Waals surface area contributed by atoms with Gasteiger partial charge in [-0.05, 0) is 19.1 Å². The van der Waals surface area contributed by atoms with Gasteiger partial charge in [0.1, 0.15) is 18.2 Å². The second-order valence-electron chi connectivity index (χ2n) is 5.08. The minimum absolute atomic E-state index is 0.0295. The lowest BCUT2D eigenvalue weighted by Crippen LogP contribution is -2.28. The first-order valence-electron chi connectivity index (χ1n) is 6.92. The maximum Gasteiger partial charge on any atom is 0.133 e. The molecule has 104 valence electrons. The number of fused-ring (bicyclic) bond motifs is 1. The summed E-state index contributed by atoms with van der Waals surface area (Å²) in [6, 6.07) is 12.1. The van der Waals surface area contributed by atoms with E-state index in [4.69, 9.17) is 10.5 Å². The van der Waals surface area contributed by atoms with Crippen LogP contribution in [0, 0.1) is 0 Å². The number of nitrogens with two attached hydrogens (primary N) is 1. The number of hydrogen-bond donors (Lipinski definition) is 1. The molecule has 0 saturated carbocycles. The van der Waals surface area contributed by atoms with Crippen molar-refractivity contribution in [2.24, 2.45) is 5.73 Å². The van der Waals surface area contributed by atoms with E-state index in [1.807, 2.05) is 43.5 Å². The summed E-state index contributed by atoms with van der Waals surface area (Å²) in [4.78, 5) is 6.77. The Labute approximate surface area is 119 Å². The van der Waals surface area contributed by atoms with E-state index in [0.29, 0.717) is 6.61 Å². The van der Waals surface area contributed by atoms with Crippen LogP contribution < -0.4 is 15.4 Å². The van der Waals surface area contributed by atoms with Gasteiger partial charge < -0.3 is 15.4 Å². The molecule has 0 amide bonds. The zero-order valence-electron chi connectivity index (χ0n) is 11.6. The Morgan fingerprint density at radius 2 is 2.10 bits per heavy atom. The van der Waals surface area contributed by atoms with Crippen molar-refractivity contribution < 1.29 is 4.74 Å². The van der Waals surface area contributed by atoms with Crippen molar-refractivity contribution in [1.82, 2.24) is 4.98 Å². The van der Waals surface area contributed by atoms with E-state index in [1.54, 1.807) is 0 Å². The molecule has 1 atom stereocenters. The number of rotatable bonds is 2. The maximum atomic E-state index is 6.06. The summed E-state index contributed by atoms with van der Waals surface area (Å²) in [5.41, 5.74) is 8.32. The van der Waals surface area contributed by atoms with Crippen LogP contribution in [0.5, 0.6) is 5.75 Å². The van der Waals surface area contributed by atoms with Crippen LogP contribution in [0.3, 0.4) is 0 Å². The molecule has 0 radical (unpaired) electrons. The number of hydrogen-bond acceptors (Lipinski definition) is 4. The topological polar surface area (TPSA) is 51.4 Å². The van der Waals surface area contributed by atoms with E-state index in [1.165, 1.54) is 5.56 Å². The number of ether oxygens (including phenoxy) is 1. The third kappa shape index (κ3) is 2.47. The molecule has 4 nitrogen and oxygen atoms in total. The Morgan fingerprint density at radius 1 is 1.25 bits per heavy atom. The average molecular weight is 269 g/mol. The van der Waals surface area contributed by atoms with Crippen molar-refractivity contribution in [3.63, 3.8) is 0 Å². The average Bonchev–Trinajstić information content (AvgIpc) is 2.69. The molecule has 1 aliphatic heterocycles. The molecule has 0 saturated heterocycles. The van der Waals surface area contributed by atoms with Crippen molar-refractivity contribution in [3.05, 3.63) is 53.7 Å². The molecule has 0 bridgehead atoms. The van der Waals surface area contributed by atoms with E-state index in [-0.39, 0.29) is 6.04 Å². The molecule has 20 heavy (non-hydrogen) atoms. The fourth-order valence-electron chi connectivity index (χ4n) is 2.54. The van der Waals surface area contributed by atoms with Gasteiger partial charge in [0.05, 0.1) is 6.54 Å². The first-order chi connectivity index (χ1) is 9.75. The van der Waals surface area contributed by atoms with E-state index < -0.39 is 0 Å². The normalized spacial score (nSPS) is 16.0. The highest BCUT2D eigenvalue weighted by Crippen LogP contribution is 2.28. The van der Waals surface area contributed by atoms with Gasteiger partial charge in [0, 0.05) is 29.9 Å². The van der Waals surface area contributed by atoms with Crippen LogP contribution in [0.4, 0.5) is 5.82 Å². The lowest BCUT2D eigenvalue weighted by molar-refractivity contribution is 0.331. The monoisotopic (exact) mass is 269 g/mol.